The number of carbonyl (C=O) groups is 1. The fourth-order valence-electron chi connectivity index (χ4n) is 1.04. The number of aliphatic hydroxyl groups is 1. The average molecular weight is 184 g/mol. The molecule has 13 heavy (non-hydrogen) atoms. The number of halogens is 1. The molecule has 1 aromatic carbocycles. The number of hydrogen-bond acceptors (Lipinski definition) is 2. The van der Waals surface area contributed by atoms with Crippen LogP contribution in [-0.2, 0) is 4.79 Å². The van der Waals surface area contributed by atoms with Crippen LogP contribution in [0.4, 0.5) is 4.39 Å². The zero-order valence-corrected chi connectivity index (χ0v) is 6.99. The molecule has 4 heteroatoms. The first-order chi connectivity index (χ1) is 6.02. The maximum atomic E-state index is 12.7. The monoisotopic (exact) mass is 184 g/mol. The molecule has 0 aliphatic carbocycles. The van der Waals surface area contributed by atoms with Gasteiger partial charge in [-0.05, 0) is 30.2 Å². The van der Waals surface area contributed by atoms with Gasteiger partial charge in [-0.25, -0.2) is 9.18 Å². The van der Waals surface area contributed by atoms with Crippen molar-refractivity contribution >= 4 is 5.97 Å². The Kier molecular flexibility index (Phi) is 2.63. The molecule has 0 saturated heterocycles. The van der Waals surface area contributed by atoms with Crippen LogP contribution in [0.15, 0.2) is 18.2 Å². The molecule has 1 aromatic rings. The number of rotatable bonds is 2. The maximum Gasteiger partial charge on any atom is 0.337 e. The zero-order valence-electron chi connectivity index (χ0n) is 6.99. The van der Waals surface area contributed by atoms with E-state index in [-0.39, 0.29) is 5.56 Å². The van der Waals surface area contributed by atoms with Crippen molar-refractivity contribution in [3.05, 3.63) is 35.1 Å². The van der Waals surface area contributed by atoms with E-state index in [0.717, 1.165) is 6.07 Å². The predicted molar refractivity (Wildman–Crippen MR) is 43.7 cm³/mol. The summed E-state index contributed by atoms with van der Waals surface area (Å²) < 4.78 is 12.7. The molecule has 0 aromatic heterocycles. The largest absolute Gasteiger partial charge is 0.479 e. The van der Waals surface area contributed by atoms with Crippen molar-refractivity contribution in [2.75, 3.05) is 0 Å². The van der Waals surface area contributed by atoms with Gasteiger partial charge in [0.05, 0.1) is 0 Å². The van der Waals surface area contributed by atoms with Gasteiger partial charge in [-0.15, -0.1) is 0 Å². The van der Waals surface area contributed by atoms with Crippen LogP contribution >= 0.6 is 0 Å². The first kappa shape index (κ1) is 9.67. The van der Waals surface area contributed by atoms with Gasteiger partial charge in [-0.2, -0.15) is 0 Å². The molecular weight excluding hydrogens is 175 g/mol. The van der Waals surface area contributed by atoms with E-state index in [0.29, 0.717) is 5.56 Å². The molecule has 70 valence electrons. The minimum Gasteiger partial charge on any atom is -0.479 e. The minimum atomic E-state index is -1.66. The molecule has 0 unspecified atom stereocenters. The summed E-state index contributed by atoms with van der Waals surface area (Å²) in [6, 6.07) is 3.67. The number of aliphatic hydroxyl groups excluding tert-OH is 1. The van der Waals surface area contributed by atoms with Crippen LogP contribution in [0.2, 0.25) is 0 Å². The second kappa shape index (κ2) is 3.53. The summed E-state index contributed by atoms with van der Waals surface area (Å²) in [5, 5.41) is 17.6. The molecule has 1 rings (SSSR count). The van der Waals surface area contributed by atoms with Crippen LogP contribution < -0.4 is 0 Å². The fraction of sp³-hybridized carbons (Fsp3) is 0.222. The Bertz CT molecular complexity index is 336. The summed E-state index contributed by atoms with van der Waals surface area (Å²) in [4.78, 5) is 10.4. The Balaban J connectivity index is 3.12. The summed E-state index contributed by atoms with van der Waals surface area (Å²) >= 11 is 0. The second-order valence-corrected chi connectivity index (χ2v) is 2.74. The van der Waals surface area contributed by atoms with Crippen molar-refractivity contribution in [2.45, 2.75) is 13.0 Å². The highest BCUT2D eigenvalue weighted by Gasteiger charge is 2.18. The molecule has 1 atom stereocenters. The quantitative estimate of drug-likeness (QED) is 0.727. The van der Waals surface area contributed by atoms with Gasteiger partial charge in [0.15, 0.2) is 6.10 Å². The molecule has 0 saturated carbocycles. The molecule has 0 radical (unpaired) electrons. The van der Waals surface area contributed by atoms with E-state index in [9.17, 15) is 9.18 Å². The van der Waals surface area contributed by atoms with E-state index in [4.69, 9.17) is 10.2 Å². The van der Waals surface area contributed by atoms with E-state index in [1.54, 1.807) is 6.92 Å². The van der Waals surface area contributed by atoms with Gasteiger partial charge in [-0.3, -0.25) is 0 Å². The average Bonchev–Trinajstić information content (AvgIpc) is 2.08. The third kappa shape index (κ3) is 2.03. The van der Waals surface area contributed by atoms with Crippen molar-refractivity contribution in [3.8, 4) is 0 Å². The van der Waals surface area contributed by atoms with Crippen LogP contribution in [0.5, 0.6) is 0 Å². The minimum absolute atomic E-state index is 0.0903. The van der Waals surface area contributed by atoms with Gasteiger partial charge in [0.25, 0.3) is 0 Å². The van der Waals surface area contributed by atoms with Gasteiger partial charge < -0.3 is 10.2 Å². The topological polar surface area (TPSA) is 57.5 Å². The first-order valence-electron chi connectivity index (χ1n) is 3.69. The predicted octanol–water partition coefficient (Wildman–Crippen LogP) is 1.25. The van der Waals surface area contributed by atoms with E-state index >= 15 is 0 Å². The van der Waals surface area contributed by atoms with E-state index in [2.05, 4.69) is 0 Å². The lowest BCUT2D eigenvalue weighted by atomic mass is 10.0. The lowest BCUT2D eigenvalue weighted by Gasteiger charge is -2.08. The normalized spacial score (nSPS) is 12.5. The number of aliphatic carboxylic acids is 1. The second-order valence-electron chi connectivity index (χ2n) is 2.74. The van der Waals surface area contributed by atoms with Gasteiger partial charge in [0, 0.05) is 0 Å². The number of benzene rings is 1. The maximum absolute atomic E-state index is 12.7. The molecule has 0 aliphatic heterocycles. The van der Waals surface area contributed by atoms with Gasteiger partial charge in [-0.1, -0.05) is 6.07 Å². The van der Waals surface area contributed by atoms with Crippen molar-refractivity contribution in [1.29, 1.82) is 0 Å². The zero-order chi connectivity index (χ0) is 10.0. The Morgan fingerprint density at radius 1 is 1.54 bits per heavy atom. The van der Waals surface area contributed by atoms with Gasteiger partial charge >= 0.3 is 5.97 Å². The van der Waals surface area contributed by atoms with Gasteiger partial charge in [0.1, 0.15) is 5.82 Å². The molecular formula is C9H9FO3. The Labute approximate surface area is 74.4 Å². The summed E-state index contributed by atoms with van der Waals surface area (Å²) in [6.07, 6.45) is -1.66. The van der Waals surface area contributed by atoms with E-state index in [1.165, 1.54) is 12.1 Å². The number of carboxylic acids is 1. The highest BCUT2D eigenvalue weighted by atomic mass is 19.1. The Morgan fingerprint density at radius 3 is 2.69 bits per heavy atom. The molecule has 0 aliphatic rings. The summed E-state index contributed by atoms with van der Waals surface area (Å²) in [7, 11) is 0. The van der Waals surface area contributed by atoms with Crippen LogP contribution in [-0.4, -0.2) is 16.2 Å². The highest BCUT2D eigenvalue weighted by molar-refractivity contribution is 5.74. The summed E-state index contributed by atoms with van der Waals surface area (Å²) in [5.74, 6) is -1.94. The molecule has 3 nitrogen and oxygen atoms in total. The first-order valence-corrected chi connectivity index (χ1v) is 3.69. The van der Waals surface area contributed by atoms with Crippen molar-refractivity contribution in [2.24, 2.45) is 0 Å². The SMILES string of the molecule is Cc1ccc(F)cc1[C@H](O)C(=O)O. The van der Waals surface area contributed by atoms with E-state index in [1.807, 2.05) is 0 Å². The van der Waals surface area contributed by atoms with Gasteiger partial charge in [0.2, 0.25) is 0 Å². The molecule has 0 fully saturated rings. The Hall–Kier alpha value is -1.42. The van der Waals surface area contributed by atoms with Crippen molar-refractivity contribution < 1.29 is 19.4 Å². The molecule has 0 heterocycles. The lowest BCUT2D eigenvalue weighted by molar-refractivity contribution is -0.147. The summed E-state index contributed by atoms with van der Waals surface area (Å²) in [6.45, 7) is 1.61. The van der Waals surface area contributed by atoms with Crippen LogP contribution in [0, 0.1) is 12.7 Å². The summed E-state index contributed by atoms with van der Waals surface area (Å²) in [5.41, 5.74) is 0.642. The smallest absolute Gasteiger partial charge is 0.337 e. The number of carboxylic acid groups (broad SMARTS) is 1. The van der Waals surface area contributed by atoms with Crippen LogP contribution in [0.1, 0.15) is 17.2 Å². The number of hydrogen-bond donors (Lipinski definition) is 2. The van der Waals surface area contributed by atoms with Crippen molar-refractivity contribution in [1.82, 2.24) is 0 Å². The van der Waals surface area contributed by atoms with Crippen LogP contribution in [0.25, 0.3) is 0 Å². The van der Waals surface area contributed by atoms with Crippen molar-refractivity contribution in [3.63, 3.8) is 0 Å². The highest BCUT2D eigenvalue weighted by Crippen LogP contribution is 2.18. The van der Waals surface area contributed by atoms with E-state index < -0.39 is 17.9 Å². The third-order valence-electron chi connectivity index (χ3n) is 1.77. The number of aryl methyl sites for hydroxylation is 1. The standard InChI is InChI=1S/C9H9FO3/c1-5-2-3-6(10)4-7(5)8(11)9(12)13/h2-4,8,11H,1H3,(H,12,13)/t8-/m0/s1. The lowest BCUT2D eigenvalue weighted by Crippen LogP contribution is -2.12. The van der Waals surface area contributed by atoms with Crippen LogP contribution in [0.3, 0.4) is 0 Å². The fourth-order valence-corrected chi connectivity index (χ4v) is 1.04. The molecule has 0 amide bonds. The molecule has 2 N–H and O–H groups in total. The molecule has 0 bridgehead atoms. The molecule has 0 spiro atoms. The Morgan fingerprint density at radius 2 is 2.15 bits per heavy atom. The third-order valence-corrected chi connectivity index (χ3v) is 1.77.